The first-order chi connectivity index (χ1) is 7.65. The fraction of sp³-hybridized carbons (Fsp3) is 0.462. The quantitative estimate of drug-likeness (QED) is 0.734. The highest BCUT2D eigenvalue weighted by molar-refractivity contribution is 6.02. The Labute approximate surface area is 95.4 Å². The normalized spacial score (nSPS) is 24.4. The predicted molar refractivity (Wildman–Crippen MR) is 60.9 cm³/mol. The van der Waals surface area contributed by atoms with Gasteiger partial charge in [-0.1, -0.05) is 12.1 Å². The molecule has 0 radical (unpaired) electrons. The van der Waals surface area contributed by atoms with Crippen molar-refractivity contribution in [3.05, 3.63) is 29.8 Å². The van der Waals surface area contributed by atoms with Crippen LogP contribution in [-0.2, 0) is 4.74 Å². The van der Waals surface area contributed by atoms with Gasteiger partial charge in [-0.05, 0) is 31.9 Å². The number of ketones is 1. The minimum atomic E-state index is -0.646. The molecule has 0 amide bonds. The average molecular weight is 220 g/mol. The molecule has 2 rings (SSSR count). The van der Waals surface area contributed by atoms with E-state index in [1.807, 2.05) is 19.1 Å². The predicted octanol–water partition coefficient (Wildman–Crippen LogP) is 2.45. The molecule has 0 N–H and O–H groups in total. The van der Waals surface area contributed by atoms with E-state index in [1.165, 1.54) is 0 Å². The molecular formula is C13H16O3. The second kappa shape index (κ2) is 4.26. The van der Waals surface area contributed by atoms with E-state index < -0.39 is 5.60 Å². The van der Waals surface area contributed by atoms with Crippen LogP contribution in [0.5, 0.6) is 5.75 Å². The summed E-state index contributed by atoms with van der Waals surface area (Å²) in [6, 6.07) is 7.21. The summed E-state index contributed by atoms with van der Waals surface area (Å²) in [7, 11) is 1.59. The number of hydrogen-bond donors (Lipinski definition) is 0. The standard InChI is InChI=1S/C13H16O3/c1-13(7-4-8-16-13)12(14)10-5-3-6-11(9-10)15-2/h3,5-6,9H,4,7-8H2,1-2H3. The summed E-state index contributed by atoms with van der Waals surface area (Å²) >= 11 is 0. The highest BCUT2D eigenvalue weighted by Gasteiger charge is 2.38. The summed E-state index contributed by atoms with van der Waals surface area (Å²) in [5.74, 6) is 0.747. The molecule has 3 nitrogen and oxygen atoms in total. The van der Waals surface area contributed by atoms with Crippen LogP contribution in [-0.4, -0.2) is 25.1 Å². The molecule has 1 aliphatic rings. The summed E-state index contributed by atoms with van der Waals surface area (Å²) in [6.45, 7) is 2.54. The van der Waals surface area contributed by atoms with Crippen molar-refractivity contribution in [3.8, 4) is 5.75 Å². The van der Waals surface area contributed by atoms with Gasteiger partial charge in [-0.25, -0.2) is 0 Å². The van der Waals surface area contributed by atoms with Crippen molar-refractivity contribution in [2.75, 3.05) is 13.7 Å². The van der Waals surface area contributed by atoms with Gasteiger partial charge in [-0.3, -0.25) is 4.79 Å². The zero-order valence-electron chi connectivity index (χ0n) is 9.66. The Bertz CT molecular complexity index is 392. The van der Waals surface area contributed by atoms with Gasteiger partial charge in [-0.15, -0.1) is 0 Å². The van der Waals surface area contributed by atoms with E-state index in [2.05, 4.69) is 0 Å². The molecule has 0 saturated carbocycles. The van der Waals surface area contributed by atoms with E-state index in [1.54, 1.807) is 19.2 Å². The molecule has 16 heavy (non-hydrogen) atoms. The lowest BCUT2D eigenvalue weighted by Gasteiger charge is -2.21. The third-order valence-corrected chi connectivity index (χ3v) is 3.03. The van der Waals surface area contributed by atoms with Crippen LogP contribution in [0.25, 0.3) is 0 Å². The number of carbonyl (C=O) groups is 1. The first-order valence-electron chi connectivity index (χ1n) is 5.48. The minimum Gasteiger partial charge on any atom is -0.497 e. The Morgan fingerprint density at radius 3 is 2.94 bits per heavy atom. The van der Waals surface area contributed by atoms with Crippen LogP contribution < -0.4 is 4.74 Å². The highest BCUT2D eigenvalue weighted by Crippen LogP contribution is 2.29. The SMILES string of the molecule is COc1cccc(C(=O)C2(C)CCCO2)c1. The van der Waals surface area contributed by atoms with Gasteiger partial charge in [-0.2, -0.15) is 0 Å². The molecule has 0 spiro atoms. The van der Waals surface area contributed by atoms with Crippen molar-refractivity contribution in [2.24, 2.45) is 0 Å². The minimum absolute atomic E-state index is 0.0453. The fourth-order valence-electron chi connectivity index (χ4n) is 2.03. The smallest absolute Gasteiger partial charge is 0.194 e. The second-order valence-corrected chi connectivity index (χ2v) is 4.24. The van der Waals surface area contributed by atoms with E-state index in [0.717, 1.165) is 12.8 Å². The lowest BCUT2D eigenvalue weighted by Crippen LogP contribution is -2.34. The molecule has 1 fully saturated rings. The van der Waals surface area contributed by atoms with Crippen molar-refractivity contribution < 1.29 is 14.3 Å². The van der Waals surface area contributed by atoms with Gasteiger partial charge in [0.15, 0.2) is 5.78 Å². The molecule has 86 valence electrons. The molecule has 1 heterocycles. The monoisotopic (exact) mass is 220 g/mol. The summed E-state index contributed by atoms with van der Waals surface area (Å²) in [4.78, 5) is 12.3. The maximum absolute atomic E-state index is 12.3. The highest BCUT2D eigenvalue weighted by atomic mass is 16.5. The number of rotatable bonds is 3. The zero-order chi connectivity index (χ0) is 11.6. The molecule has 1 aromatic rings. The number of ether oxygens (including phenoxy) is 2. The van der Waals surface area contributed by atoms with Crippen molar-refractivity contribution in [3.63, 3.8) is 0 Å². The number of benzene rings is 1. The van der Waals surface area contributed by atoms with Crippen LogP contribution in [0.3, 0.4) is 0 Å². The zero-order valence-corrected chi connectivity index (χ0v) is 9.66. The maximum Gasteiger partial charge on any atom is 0.194 e. The molecule has 1 saturated heterocycles. The molecule has 1 aromatic carbocycles. The van der Waals surface area contributed by atoms with Gasteiger partial charge in [0.2, 0.25) is 0 Å². The Morgan fingerprint density at radius 2 is 2.31 bits per heavy atom. The van der Waals surface area contributed by atoms with Crippen LogP contribution in [0.4, 0.5) is 0 Å². The van der Waals surface area contributed by atoms with Crippen LogP contribution in [0.15, 0.2) is 24.3 Å². The van der Waals surface area contributed by atoms with E-state index in [-0.39, 0.29) is 5.78 Å². The number of Topliss-reactive ketones (excluding diaryl/α,β-unsaturated/α-hetero) is 1. The molecule has 1 unspecified atom stereocenters. The van der Waals surface area contributed by atoms with Gasteiger partial charge in [0.1, 0.15) is 11.4 Å². The molecule has 0 aromatic heterocycles. The maximum atomic E-state index is 12.3. The van der Waals surface area contributed by atoms with Gasteiger partial charge in [0.25, 0.3) is 0 Å². The van der Waals surface area contributed by atoms with Crippen LogP contribution >= 0.6 is 0 Å². The first kappa shape index (κ1) is 11.1. The average Bonchev–Trinajstić information content (AvgIpc) is 2.76. The van der Waals surface area contributed by atoms with Gasteiger partial charge < -0.3 is 9.47 Å². The Kier molecular flexibility index (Phi) is 2.97. The molecule has 1 aliphatic heterocycles. The Hall–Kier alpha value is -1.35. The van der Waals surface area contributed by atoms with Gasteiger partial charge in [0.05, 0.1) is 7.11 Å². The van der Waals surface area contributed by atoms with E-state index >= 15 is 0 Å². The molecule has 3 heteroatoms. The largest absolute Gasteiger partial charge is 0.497 e. The van der Waals surface area contributed by atoms with Crippen molar-refractivity contribution in [1.29, 1.82) is 0 Å². The van der Waals surface area contributed by atoms with Crippen LogP contribution in [0.2, 0.25) is 0 Å². The van der Waals surface area contributed by atoms with Crippen LogP contribution in [0.1, 0.15) is 30.1 Å². The molecule has 1 atom stereocenters. The Balaban J connectivity index is 2.26. The van der Waals surface area contributed by atoms with Gasteiger partial charge >= 0.3 is 0 Å². The molecule has 0 aliphatic carbocycles. The summed E-state index contributed by atoms with van der Waals surface area (Å²) in [5.41, 5.74) is 0.00979. The van der Waals surface area contributed by atoms with Crippen molar-refractivity contribution in [2.45, 2.75) is 25.4 Å². The lowest BCUT2D eigenvalue weighted by atomic mass is 9.92. The molecular weight excluding hydrogens is 204 g/mol. The van der Waals surface area contributed by atoms with E-state index in [9.17, 15) is 4.79 Å². The topological polar surface area (TPSA) is 35.5 Å². The van der Waals surface area contributed by atoms with Crippen LogP contribution in [0, 0.1) is 0 Å². The third-order valence-electron chi connectivity index (χ3n) is 3.03. The number of carbonyl (C=O) groups excluding carboxylic acids is 1. The Morgan fingerprint density at radius 1 is 1.50 bits per heavy atom. The van der Waals surface area contributed by atoms with Gasteiger partial charge in [0, 0.05) is 12.2 Å². The van der Waals surface area contributed by atoms with Crippen molar-refractivity contribution in [1.82, 2.24) is 0 Å². The summed E-state index contributed by atoms with van der Waals surface area (Å²) < 4.78 is 10.6. The van der Waals surface area contributed by atoms with E-state index in [4.69, 9.17) is 9.47 Å². The summed E-state index contributed by atoms with van der Waals surface area (Å²) in [5, 5.41) is 0. The summed E-state index contributed by atoms with van der Waals surface area (Å²) in [6.07, 6.45) is 1.75. The fourth-order valence-corrected chi connectivity index (χ4v) is 2.03. The third kappa shape index (κ3) is 1.95. The lowest BCUT2D eigenvalue weighted by molar-refractivity contribution is 0.0213. The van der Waals surface area contributed by atoms with E-state index in [0.29, 0.717) is 17.9 Å². The second-order valence-electron chi connectivity index (χ2n) is 4.24. The number of methoxy groups -OCH3 is 1. The first-order valence-corrected chi connectivity index (χ1v) is 5.48. The molecule has 0 bridgehead atoms. The number of hydrogen-bond acceptors (Lipinski definition) is 3. The van der Waals surface area contributed by atoms with Crippen molar-refractivity contribution >= 4 is 5.78 Å².